The van der Waals surface area contributed by atoms with E-state index >= 15 is 0 Å². The van der Waals surface area contributed by atoms with Crippen molar-refractivity contribution < 1.29 is 13.2 Å². The van der Waals surface area contributed by atoms with Crippen LogP contribution >= 0.6 is 24.0 Å². The van der Waals surface area contributed by atoms with Gasteiger partial charge in [0.1, 0.15) is 0 Å². The third kappa shape index (κ3) is 9.01. The fourth-order valence-electron chi connectivity index (χ4n) is 2.93. The number of hydrogen-bond donors (Lipinski definition) is 2. The number of ether oxygens (including phenoxy) is 1. The molecule has 0 bridgehead atoms. The van der Waals surface area contributed by atoms with Crippen LogP contribution < -0.4 is 10.6 Å². The van der Waals surface area contributed by atoms with Gasteiger partial charge in [0.15, 0.2) is 15.8 Å². The maximum atomic E-state index is 11.7. The predicted molar refractivity (Wildman–Crippen MR) is 133 cm³/mol. The Morgan fingerprint density at radius 2 is 1.80 bits per heavy atom. The summed E-state index contributed by atoms with van der Waals surface area (Å²) in [6.45, 7) is 6.50. The summed E-state index contributed by atoms with van der Waals surface area (Å²) < 4.78 is 29.2. The molecular weight excluding hydrogens is 513 g/mol. The molecule has 0 saturated heterocycles. The molecule has 1 unspecified atom stereocenters. The predicted octanol–water partition coefficient (Wildman–Crippen LogP) is 3.53. The van der Waals surface area contributed by atoms with Crippen LogP contribution in [0.25, 0.3) is 0 Å². The minimum atomic E-state index is -3.20. The fourth-order valence-corrected chi connectivity index (χ4v) is 3.88. The lowest BCUT2D eigenvalue weighted by molar-refractivity contribution is 0.0931. The molecule has 8 heteroatoms. The Kier molecular flexibility index (Phi) is 11.4. The SMILES string of the molecule is CN=C(NCc1ccc(S(C)(=O)=O)c(C)c1)NCC(C)COCc1ccccc1.I. The third-order valence-electron chi connectivity index (χ3n) is 4.45. The second-order valence-electron chi connectivity index (χ2n) is 7.28. The number of hydrogen-bond acceptors (Lipinski definition) is 4. The molecule has 0 heterocycles. The smallest absolute Gasteiger partial charge is 0.191 e. The number of aliphatic imine (C=N–C) groups is 1. The largest absolute Gasteiger partial charge is 0.376 e. The lowest BCUT2D eigenvalue weighted by Gasteiger charge is -2.16. The van der Waals surface area contributed by atoms with E-state index in [9.17, 15) is 8.42 Å². The summed E-state index contributed by atoms with van der Waals surface area (Å²) in [5, 5.41) is 6.56. The highest BCUT2D eigenvalue weighted by Crippen LogP contribution is 2.16. The Morgan fingerprint density at radius 3 is 2.40 bits per heavy atom. The first-order valence-electron chi connectivity index (χ1n) is 9.65. The van der Waals surface area contributed by atoms with Crippen molar-refractivity contribution in [3.8, 4) is 0 Å². The summed E-state index contributed by atoms with van der Waals surface area (Å²) in [6.07, 6.45) is 1.23. The number of rotatable bonds is 9. The summed E-state index contributed by atoms with van der Waals surface area (Å²) in [5.41, 5.74) is 2.92. The topological polar surface area (TPSA) is 79.8 Å². The highest BCUT2D eigenvalue weighted by molar-refractivity contribution is 14.0. The van der Waals surface area contributed by atoms with Gasteiger partial charge in [0.05, 0.1) is 18.1 Å². The maximum Gasteiger partial charge on any atom is 0.191 e. The van der Waals surface area contributed by atoms with Crippen molar-refractivity contribution in [1.29, 1.82) is 0 Å². The summed E-state index contributed by atoms with van der Waals surface area (Å²) in [4.78, 5) is 4.61. The minimum Gasteiger partial charge on any atom is -0.376 e. The van der Waals surface area contributed by atoms with E-state index in [1.54, 1.807) is 13.1 Å². The number of nitrogens with zero attached hydrogens (tertiary/aromatic N) is 1. The number of guanidine groups is 1. The van der Waals surface area contributed by atoms with Crippen LogP contribution in [0.3, 0.4) is 0 Å². The van der Waals surface area contributed by atoms with E-state index in [1.165, 1.54) is 11.8 Å². The number of sulfone groups is 1. The molecule has 0 aromatic heterocycles. The average molecular weight is 545 g/mol. The summed E-state index contributed by atoms with van der Waals surface area (Å²) in [6, 6.07) is 15.5. The van der Waals surface area contributed by atoms with Gasteiger partial charge in [-0.05, 0) is 35.6 Å². The van der Waals surface area contributed by atoms with Gasteiger partial charge in [-0.15, -0.1) is 24.0 Å². The van der Waals surface area contributed by atoms with Gasteiger partial charge in [-0.25, -0.2) is 8.42 Å². The molecule has 0 spiro atoms. The molecule has 166 valence electrons. The van der Waals surface area contributed by atoms with Gasteiger partial charge in [0.25, 0.3) is 0 Å². The first kappa shape index (κ1) is 26.4. The lowest BCUT2D eigenvalue weighted by atomic mass is 10.1. The molecule has 0 aliphatic heterocycles. The quantitative estimate of drug-likeness (QED) is 0.287. The molecule has 0 aliphatic rings. The van der Waals surface area contributed by atoms with E-state index in [2.05, 4.69) is 34.7 Å². The molecule has 2 N–H and O–H groups in total. The van der Waals surface area contributed by atoms with E-state index in [1.807, 2.05) is 37.3 Å². The highest BCUT2D eigenvalue weighted by atomic mass is 127. The van der Waals surface area contributed by atoms with E-state index in [4.69, 9.17) is 4.74 Å². The monoisotopic (exact) mass is 545 g/mol. The Morgan fingerprint density at radius 1 is 1.10 bits per heavy atom. The molecule has 2 rings (SSSR count). The van der Waals surface area contributed by atoms with Crippen LogP contribution in [0.4, 0.5) is 0 Å². The van der Waals surface area contributed by atoms with Gasteiger partial charge in [0.2, 0.25) is 0 Å². The standard InChI is InChI=1S/C22H31N3O3S.HI/c1-17(15-28-16-19-8-6-5-7-9-19)13-24-22(23-3)25-14-20-10-11-21(18(2)12-20)29(4,26)27;/h5-12,17H,13-16H2,1-4H3,(H2,23,24,25);1H. The molecule has 0 radical (unpaired) electrons. The second-order valence-corrected chi connectivity index (χ2v) is 9.27. The number of halogens is 1. The molecule has 30 heavy (non-hydrogen) atoms. The average Bonchev–Trinajstić information content (AvgIpc) is 2.68. The Labute approximate surface area is 197 Å². The number of aryl methyl sites for hydroxylation is 1. The summed E-state index contributed by atoms with van der Waals surface area (Å²) >= 11 is 0. The van der Waals surface area contributed by atoms with E-state index in [0.29, 0.717) is 36.5 Å². The van der Waals surface area contributed by atoms with Gasteiger partial charge in [-0.2, -0.15) is 0 Å². The molecular formula is C22H32IN3O3S. The third-order valence-corrected chi connectivity index (χ3v) is 5.71. The van der Waals surface area contributed by atoms with Crippen LogP contribution in [0.5, 0.6) is 0 Å². The van der Waals surface area contributed by atoms with Crippen molar-refractivity contribution in [1.82, 2.24) is 10.6 Å². The summed E-state index contributed by atoms with van der Waals surface area (Å²) in [5.74, 6) is 1.03. The zero-order valence-corrected chi connectivity index (χ0v) is 21.2. The molecule has 2 aromatic carbocycles. The maximum absolute atomic E-state index is 11.7. The minimum absolute atomic E-state index is 0. The van der Waals surface area contributed by atoms with Crippen LogP contribution in [-0.2, 0) is 27.7 Å². The molecule has 0 aliphatic carbocycles. The molecule has 0 saturated carbocycles. The van der Waals surface area contributed by atoms with Crippen molar-refractivity contribution in [3.05, 3.63) is 65.2 Å². The highest BCUT2D eigenvalue weighted by Gasteiger charge is 2.11. The van der Waals surface area contributed by atoms with Crippen LogP contribution in [0.1, 0.15) is 23.6 Å². The number of nitrogens with one attached hydrogen (secondary N) is 2. The number of benzene rings is 2. The van der Waals surface area contributed by atoms with Gasteiger partial charge >= 0.3 is 0 Å². The zero-order valence-electron chi connectivity index (χ0n) is 18.0. The van der Waals surface area contributed by atoms with Crippen LogP contribution in [0.15, 0.2) is 58.4 Å². The first-order valence-corrected chi connectivity index (χ1v) is 11.5. The molecule has 2 aromatic rings. The van der Waals surface area contributed by atoms with Crippen molar-refractivity contribution in [2.24, 2.45) is 10.9 Å². The normalized spacial score (nSPS) is 12.7. The van der Waals surface area contributed by atoms with Crippen LogP contribution in [0, 0.1) is 12.8 Å². The lowest BCUT2D eigenvalue weighted by Crippen LogP contribution is -2.39. The van der Waals surface area contributed by atoms with Crippen molar-refractivity contribution in [2.45, 2.75) is 31.9 Å². The van der Waals surface area contributed by atoms with Gasteiger partial charge in [0, 0.05) is 26.4 Å². The molecule has 0 fully saturated rings. The van der Waals surface area contributed by atoms with E-state index in [0.717, 1.165) is 17.7 Å². The van der Waals surface area contributed by atoms with E-state index < -0.39 is 9.84 Å². The molecule has 0 amide bonds. The Bertz CT molecular complexity index is 918. The van der Waals surface area contributed by atoms with Crippen molar-refractivity contribution >= 4 is 39.8 Å². The molecule has 1 atom stereocenters. The van der Waals surface area contributed by atoms with Crippen LogP contribution in [0.2, 0.25) is 0 Å². The van der Waals surface area contributed by atoms with Gasteiger partial charge in [-0.3, -0.25) is 4.99 Å². The van der Waals surface area contributed by atoms with E-state index in [-0.39, 0.29) is 24.0 Å². The Hall–Kier alpha value is -1.65. The molecule has 6 nitrogen and oxygen atoms in total. The second kappa shape index (κ2) is 12.9. The van der Waals surface area contributed by atoms with Crippen LogP contribution in [-0.4, -0.2) is 40.8 Å². The van der Waals surface area contributed by atoms with Gasteiger partial charge in [-0.1, -0.05) is 49.4 Å². The summed E-state index contributed by atoms with van der Waals surface area (Å²) in [7, 11) is -1.47. The van der Waals surface area contributed by atoms with Gasteiger partial charge < -0.3 is 15.4 Å². The van der Waals surface area contributed by atoms with Crippen molar-refractivity contribution in [2.75, 3.05) is 26.5 Å². The first-order chi connectivity index (χ1) is 13.8. The van der Waals surface area contributed by atoms with Crippen molar-refractivity contribution in [3.63, 3.8) is 0 Å². The Balaban J connectivity index is 0.00000450. The fraction of sp³-hybridized carbons (Fsp3) is 0.409. The zero-order chi connectivity index (χ0) is 21.3.